The zero-order valence-electron chi connectivity index (χ0n) is 11.7. The Kier molecular flexibility index (Phi) is 3.40. The Labute approximate surface area is 141 Å². The van der Waals surface area contributed by atoms with E-state index in [-0.39, 0.29) is 16.4 Å². The highest BCUT2D eigenvalue weighted by Gasteiger charge is 2.16. The molecule has 2 heterocycles. The molecule has 2 aromatic carbocycles. The molecule has 112 valence electrons. The van der Waals surface area contributed by atoms with Gasteiger partial charge in [0.2, 0.25) is 0 Å². The van der Waals surface area contributed by atoms with Crippen molar-refractivity contribution in [3.63, 3.8) is 0 Å². The summed E-state index contributed by atoms with van der Waals surface area (Å²) < 4.78 is 15.0. The van der Waals surface area contributed by atoms with Crippen molar-refractivity contribution in [2.24, 2.45) is 0 Å². The summed E-state index contributed by atoms with van der Waals surface area (Å²) in [6.07, 6.45) is 1.59. The minimum atomic E-state index is -0.502. The number of benzene rings is 2. The largest absolute Gasteiger partial charge is 0.252 e. The molecule has 4 aromatic rings. The zero-order chi connectivity index (χ0) is 16.0. The molecule has 0 bridgehead atoms. The van der Waals surface area contributed by atoms with Crippen LogP contribution < -0.4 is 0 Å². The third-order valence-electron chi connectivity index (χ3n) is 3.75. The van der Waals surface area contributed by atoms with Crippen molar-refractivity contribution >= 4 is 44.9 Å². The summed E-state index contributed by atoms with van der Waals surface area (Å²) in [6.45, 7) is 0. The van der Waals surface area contributed by atoms with Crippen LogP contribution in [0.3, 0.4) is 0 Å². The standard InChI is InChI=1S/C18H9Cl2FN2/c19-13-6-2-4-10-3-1-5-12(15(10)13)18-16(21)17-11(9-22-18)7-8-14(20)23-17/h1-9H. The Balaban J connectivity index is 2.09. The molecule has 0 fully saturated rings. The van der Waals surface area contributed by atoms with E-state index in [2.05, 4.69) is 9.97 Å². The highest BCUT2D eigenvalue weighted by Crippen LogP contribution is 2.35. The van der Waals surface area contributed by atoms with Crippen molar-refractivity contribution in [2.45, 2.75) is 0 Å². The van der Waals surface area contributed by atoms with Gasteiger partial charge < -0.3 is 0 Å². The fourth-order valence-electron chi connectivity index (χ4n) is 2.71. The molecular weight excluding hydrogens is 334 g/mol. The van der Waals surface area contributed by atoms with Crippen LogP contribution in [0.1, 0.15) is 0 Å². The van der Waals surface area contributed by atoms with E-state index in [1.165, 1.54) is 0 Å². The van der Waals surface area contributed by atoms with Crippen LogP contribution in [0.2, 0.25) is 10.2 Å². The Bertz CT molecular complexity index is 1060. The highest BCUT2D eigenvalue weighted by molar-refractivity contribution is 6.36. The second kappa shape index (κ2) is 5.44. The molecule has 0 atom stereocenters. The number of hydrogen-bond acceptors (Lipinski definition) is 2. The number of aromatic nitrogens is 2. The monoisotopic (exact) mass is 342 g/mol. The SMILES string of the molecule is Fc1c(-c2cccc3cccc(Cl)c23)ncc2ccc(Cl)nc12. The van der Waals surface area contributed by atoms with Crippen molar-refractivity contribution in [3.8, 4) is 11.3 Å². The molecule has 5 heteroatoms. The van der Waals surface area contributed by atoms with Crippen LogP contribution in [0.15, 0.2) is 54.7 Å². The maximum Gasteiger partial charge on any atom is 0.175 e. The Hall–Kier alpha value is -2.23. The van der Waals surface area contributed by atoms with Gasteiger partial charge in [0, 0.05) is 27.6 Å². The first kappa shape index (κ1) is 14.4. The topological polar surface area (TPSA) is 25.8 Å². The van der Waals surface area contributed by atoms with Gasteiger partial charge >= 0.3 is 0 Å². The van der Waals surface area contributed by atoms with E-state index >= 15 is 0 Å². The van der Waals surface area contributed by atoms with Gasteiger partial charge in [-0.3, -0.25) is 4.98 Å². The summed E-state index contributed by atoms with van der Waals surface area (Å²) in [5.74, 6) is -0.502. The van der Waals surface area contributed by atoms with E-state index in [1.807, 2.05) is 24.3 Å². The summed E-state index contributed by atoms with van der Waals surface area (Å²) in [5, 5.41) is 3.09. The molecule has 0 spiro atoms. The van der Waals surface area contributed by atoms with Gasteiger partial charge in [0.1, 0.15) is 16.4 Å². The molecule has 2 nitrogen and oxygen atoms in total. The molecule has 23 heavy (non-hydrogen) atoms. The first-order chi connectivity index (χ1) is 11.1. The minimum Gasteiger partial charge on any atom is -0.252 e. The average Bonchev–Trinajstić information content (AvgIpc) is 2.56. The minimum absolute atomic E-state index is 0.201. The van der Waals surface area contributed by atoms with Crippen LogP contribution in [0.25, 0.3) is 32.9 Å². The van der Waals surface area contributed by atoms with Crippen molar-refractivity contribution in [1.82, 2.24) is 9.97 Å². The summed E-state index contributed by atoms with van der Waals surface area (Å²) in [7, 11) is 0. The van der Waals surface area contributed by atoms with E-state index in [0.29, 0.717) is 16.0 Å². The summed E-state index contributed by atoms with van der Waals surface area (Å²) >= 11 is 12.2. The van der Waals surface area contributed by atoms with Crippen LogP contribution in [-0.4, -0.2) is 9.97 Å². The lowest BCUT2D eigenvalue weighted by atomic mass is 10.0. The lowest BCUT2D eigenvalue weighted by Crippen LogP contribution is -1.94. The van der Waals surface area contributed by atoms with Crippen molar-refractivity contribution < 1.29 is 4.39 Å². The van der Waals surface area contributed by atoms with E-state index in [4.69, 9.17) is 23.2 Å². The van der Waals surface area contributed by atoms with E-state index < -0.39 is 5.82 Å². The van der Waals surface area contributed by atoms with E-state index in [9.17, 15) is 4.39 Å². The quantitative estimate of drug-likeness (QED) is 0.402. The maximum absolute atomic E-state index is 15.0. The molecular formula is C18H9Cl2FN2. The van der Waals surface area contributed by atoms with Gasteiger partial charge in [-0.25, -0.2) is 9.37 Å². The van der Waals surface area contributed by atoms with E-state index in [0.717, 1.165) is 10.8 Å². The predicted octanol–water partition coefficient (Wildman–Crippen LogP) is 5.90. The van der Waals surface area contributed by atoms with Gasteiger partial charge in [-0.05, 0) is 23.6 Å². The van der Waals surface area contributed by atoms with Gasteiger partial charge in [-0.2, -0.15) is 0 Å². The maximum atomic E-state index is 15.0. The number of rotatable bonds is 1. The number of fused-ring (bicyclic) bond motifs is 2. The Morgan fingerprint density at radius 1 is 0.870 bits per heavy atom. The molecule has 0 unspecified atom stereocenters. The summed E-state index contributed by atoms with van der Waals surface area (Å²) in [6, 6.07) is 14.5. The van der Waals surface area contributed by atoms with Crippen LogP contribution in [0.4, 0.5) is 4.39 Å². The second-order valence-corrected chi connectivity index (χ2v) is 5.93. The number of halogens is 3. The average molecular weight is 343 g/mol. The third-order valence-corrected chi connectivity index (χ3v) is 4.28. The molecule has 0 saturated heterocycles. The van der Waals surface area contributed by atoms with Crippen molar-refractivity contribution in [2.75, 3.05) is 0 Å². The van der Waals surface area contributed by atoms with Crippen LogP contribution in [-0.2, 0) is 0 Å². The molecule has 0 aliphatic rings. The molecule has 0 aliphatic carbocycles. The predicted molar refractivity (Wildman–Crippen MR) is 92.5 cm³/mol. The fourth-order valence-corrected chi connectivity index (χ4v) is 3.14. The number of pyridine rings is 2. The first-order valence-electron chi connectivity index (χ1n) is 6.93. The summed E-state index contributed by atoms with van der Waals surface area (Å²) in [4.78, 5) is 8.36. The fraction of sp³-hybridized carbons (Fsp3) is 0. The van der Waals surface area contributed by atoms with Gasteiger partial charge in [-0.15, -0.1) is 0 Å². The van der Waals surface area contributed by atoms with Crippen molar-refractivity contribution in [1.29, 1.82) is 0 Å². The lowest BCUT2D eigenvalue weighted by molar-refractivity contribution is 0.635. The molecule has 0 radical (unpaired) electrons. The molecule has 0 saturated carbocycles. The zero-order valence-corrected chi connectivity index (χ0v) is 13.2. The Morgan fingerprint density at radius 3 is 2.48 bits per heavy atom. The lowest BCUT2D eigenvalue weighted by Gasteiger charge is -2.10. The van der Waals surface area contributed by atoms with Gasteiger partial charge in [0.05, 0.1) is 0 Å². The summed E-state index contributed by atoms with van der Waals surface area (Å²) in [5.41, 5.74) is 1.05. The smallest absolute Gasteiger partial charge is 0.175 e. The second-order valence-electron chi connectivity index (χ2n) is 5.14. The van der Waals surface area contributed by atoms with Crippen LogP contribution in [0, 0.1) is 5.82 Å². The van der Waals surface area contributed by atoms with Crippen molar-refractivity contribution in [3.05, 3.63) is 70.7 Å². The molecule has 2 aromatic heterocycles. The van der Waals surface area contributed by atoms with Gasteiger partial charge in [0.15, 0.2) is 5.82 Å². The highest BCUT2D eigenvalue weighted by atomic mass is 35.5. The Morgan fingerprint density at radius 2 is 1.65 bits per heavy atom. The number of nitrogens with zero attached hydrogens (tertiary/aromatic N) is 2. The molecule has 4 rings (SSSR count). The third kappa shape index (κ3) is 2.33. The van der Waals surface area contributed by atoms with Gasteiger partial charge in [-0.1, -0.05) is 53.5 Å². The number of hydrogen-bond donors (Lipinski definition) is 0. The molecule has 0 aliphatic heterocycles. The van der Waals surface area contributed by atoms with E-state index in [1.54, 1.807) is 30.5 Å². The van der Waals surface area contributed by atoms with Crippen LogP contribution >= 0.6 is 23.2 Å². The first-order valence-corrected chi connectivity index (χ1v) is 7.69. The molecule has 0 amide bonds. The molecule has 0 N–H and O–H groups in total. The van der Waals surface area contributed by atoms with Crippen LogP contribution in [0.5, 0.6) is 0 Å². The van der Waals surface area contributed by atoms with Gasteiger partial charge in [0.25, 0.3) is 0 Å². The normalized spacial score (nSPS) is 11.3.